The lowest BCUT2D eigenvalue weighted by atomic mass is 9.90. The molecule has 1 saturated carbocycles. The second-order valence-corrected chi connectivity index (χ2v) is 10.6. The molecule has 3 fully saturated rings. The monoisotopic (exact) mass is 531 g/mol. The number of carbonyl (C=O) groups is 2. The molecule has 0 spiro atoms. The minimum atomic E-state index is -1.38. The van der Waals surface area contributed by atoms with Gasteiger partial charge in [0, 0.05) is 31.9 Å². The fourth-order valence-corrected chi connectivity index (χ4v) is 5.80. The summed E-state index contributed by atoms with van der Waals surface area (Å²) in [6.07, 6.45) is 4.57. The highest BCUT2D eigenvalue weighted by atomic mass is 35.5. The van der Waals surface area contributed by atoms with Crippen molar-refractivity contribution in [1.82, 2.24) is 9.47 Å². The number of halogens is 2. The standard InChI is InChI=1S/C26H30FN5O4.ClH/c1-13(2)21(29)25(34)31-7-3-4-14-10-30(12-20(14)31)23-17(9-28)22-16(8-19(23)27)24(33)18(26(35)36)11-32(22)15-5-6-15;/h8,11,13-15,20-21H,3-7,10,12,29H2,1-2H3,(H,35,36);1H/t14-,20+,21-;/m0./s1. The molecular weight excluding hydrogens is 501 g/mol. The topological polar surface area (TPSA) is 133 Å². The van der Waals surface area contributed by atoms with Gasteiger partial charge in [0.15, 0.2) is 0 Å². The fraction of sp³-hybridized carbons (Fsp3) is 0.538. The van der Waals surface area contributed by atoms with Crippen molar-refractivity contribution in [2.45, 2.75) is 57.7 Å². The molecule has 3 atom stereocenters. The summed E-state index contributed by atoms with van der Waals surface area (Å²) >= 11 is 0. The molecule has 37 heavy (non-hydrogen) atoms. The van der Waals surface area contributed by atoms with Gasteiger partial charge in [0.1, 0.15) is 23.0 Å². The number of nitrogens with two attached hydrogens (primary N) is 1. The van der Waals surface area contributed by atoms with Crippen LogP contribution >= 0.6 is 12.4 Å². The molecule has 1 aliphatic carbocycles. The Morgan fingerprint density at radius 1 is 1.24 bits per heavy atom. The summed E-state index contributed by atoms with van der Waals surface area (Å²) in [6, 6.07) is 2.39. The number of rotatable bonds is 5. The third-order valence-corrected chi connectivity index (χ3v) is 7.91. The Labute approximate surface area is 220 Å². The van der Waals surface area contributed by atoms with Gasteiger partial charge in [-0.25, -0.2) is 9.18 Å². The van der Waals surface area contributed by atoms with Crippen LogP contribution in [0.2, 0.25) is 0 Å². The van der Waals surface area contributed by atoms with Crippen LogP contribution in [0.15, 0.2) is 17.1 Å². The number of benzene rings is 1. The number of anilines is 1. The molecule has 11 heteroatoms. The number of amides is 1. The van der Waals surface area contributed by atoms with Crippen LogP contribution in [-0.4, -0.2) is 58.2 Å². The Balaban J connectivity index is 0.00000320. The molecule has 1 aromatic carbocycles. The smallest absolute Gasteiger partial charge is 0.341 e. The summed E-state index contributed by atoms with van der Waals surface area (Å²) in [7, 11) is 0. The van der Waals surface area contributed by atoms with Gasteiger partial charge in [-0.15, -0.1) is 12.4 Å². The molecule has 2 saturated heterocycles. The van der Waals surface area contributed by atoms with Crippen LogP contribution in [0.1, 0.15) is 61.5 Å². The fourth-order valence-electron chi connectivity index (χ4n) is 5.80. The predicted octanol–water partition coefficient (Wildman–Crippen LogP) is 2.88. The molecule has 3 N–H and O–H groups in total. The maximum absolute atomic E-state index is 15.7. The molecule has 0 unspecified atom stereocenters. The van der Waals surface area contributed by atoms with Gasteiger partial charge in [-0.2, -0.15) is 5.26 Å². The van der Waals surface area contributed by atoms with Crippen LogP contribution in [0.3, 0.4) is 0 Å². The molecule has 198 valence electrons. The second kappa shape index (κ2) is 9.95. The van der Waals surface area contributed by atoms with E-state index in [2.05, 4.69) is 6.07 Å². The van der Waals surface area contributed by atoms with Gasteiger partial charge in [-0.1, -0.05) is 13.8 Å². The van der Waals surface area contributed by atoms with Crippen molar-refractivity contribution in [2.24, 2.45) is 17.6 Å². The highest BCUT2D eigenvalue weighted by molar-refractivity contribution is 5.96. The number of hydrogen-bond acceptors (Lipinski definition) is 6. The van der Waals surface area contributed by atoms with E-state index in [0.29, 0.717) is 19.6 Å². The van der Waals surface area contributed by atoms with E-state index in [1.54, 1.807) is 4.57 Å². The number of hydrogen-bond donors (Lipinski definition) is 2. The number of nitrogens with zero attached hydrogens (tertiary/aromatic N) is 4. The molecule has 9 nitrogen and oxygen atoms in total. The average Bonchev–Trinajstić information content (AvgIpc) is 3.60. The van der Waals surface area contributed by atoms with Crippen molar-refractivity contribution in [1.29, 1.82) is 5.26 Å². The normalized spacial score (nSPS) is 21.9. The van der Waals surface area contributed by atoms with E-state index in [4.69, 9.17) is 5.73 Å². The molecule has 1 amide bonds. The molecule has 3 heterocycles. The zero-order valence-corrected chi connectivity index (χ0v) is 21.6. The highest BCUT2D eigenvalue weighted by Gasteiger charge is 2.44. The second-order valence-electron chi connectivity index (χ2n) is 10.6. The summed E-state index contributed by atoms with van der Waals surface area (Å²) in [6.45, 7) is 5.24. The van der Waals surface area contributed by atoms with E-state index in [9.17, 15) is 24.8 Å². The van der Waals surface area contributed by atoms with E-state index in [1.807, 2.05) is 23.6 Å². The van der Waals surface area contributed by atoms with E-state index < -0.39 is 28.8 Å². The minimum Gasteiger partial charge on any atom is -0.477 e. The number of nitriles is 1. The first-order valence-corrected chi connectivity index (χ1v) is 12.5. The Kier molecular flexibility index (Phi) is 7.23. The van der Waals surface area contributed by atoms with Crippen LogP contribution < -0.4 is 16.1 Å². The lowest BCUT2D eigenvalue weighted by molar-refractivity contribution is -0.137. The molecule has 5 rings (SSSR count). The van der Waals surface area contributed by atoms with E-state index in [-0.39, 0.29) is 64.4 Å². The first kappa shape index (κ1) is 26.9. The lowest BCUT2D eigenvalue weighted by Gasteiger charge is -2.38. The van der Waals surface area contributed by atoms with Crippen molar-refractivity contribution in [3.8, 4) is 6.07 Å². The number of piperidine rings is 1. The van der Waals surface area contributed by atoms with Crippen LogP contribution in [0.4, 0.5) is 10.1 Å². The number of likely N-dealkylation sites (tertiary alicyclic amines) is 1. The van der Waals surface area contributed by atoms with Crippen molar-refractivity contribution in [2.75, 3.05) is 24.5 Å². The Morgan fingerprint density at radius 2 is 1.95 bits per heavy atom. The van der Waals surface area contributed by atoms with Crippen molar-refractivity contribution in [3.63, 3.8) is 0 Å². The zero-order chi connectivity index (χ0) is 25.9. The number of carboxylic acids is 1. The molecular formula is C26H31ClFN5O4. The van der Waals surface area contributed by atoms with Gasteiger partial charge in [-0.3, -0.25) is 9.59 Å². The lowest BCUT2D eigenvalue weighted by Crippen LogP contribution is -2.55. The van der Waals surface area contributed by atoms with Crippen LogP contribution in [-0.2, 0) is 4.79 Å². The van der Waals surface area contributed by atoms with Gasteiger partial charge in [0.25, 0.3) is 0 Å². The first-order valence-electron chi connectivity index (χ1n) is 12.5. The number of carboxylic acid groups (broad SMARTS) is 1. The number of aromatic nitrogens is 1. The van der Waals surface area contributed by atoms with E-state index in [1.165, 1.54) is 6.20 Å². The highest BCUT2D eigenvalue weighted by Crippen LogP contribution is 2.42. The third kappa shape index (κ3) is 4.44. The SMILES string of the molecule is CC(C)[C@H](N)C(=O)N1CCC[C@H]2CN(c3c(F)cc4c(=O)c(C(=O)O)cn(C5CC5)c4c3C#N)C[C@H]21.Cl. The largest absolute Gasteiger partial charge is 0.477 e. The van der Waals surface area contributed by atoms with Gasteiger partial charge in [-0.05, 0) is 43.6 Å². The molecule has 2 aliphatic heterocycles. The Hall–Kier alpha value is -3.16. The minimum absolute atomic E-state index is 0. The van der Waals surface area contributed by atoms with Crippen molar-refractivity contribution in [3.05, 3.63) is 39.4 Å². The summed E-state index contributed by atoms with van der Waals surface area (Å²) in [4.78, 5) is 41.3. The van der Waals surface area contributed by atoms with E-state index in [0.717, 1.165) is 31.7 Å². The molecule has 3 aliphatic rings. The number of pyridine rings is 1. The molecule has 2 aromatic rings. The van der Waals surface area contributed by atoms with E-state index >= 15 is 4.39 Å². The summed E-state index contributed by atoms with van der Waals surface area (Å²) in [5.74, 6) is -2.12. The molecule has 0 radical (unpaired) electrons. The number of aromatic carboxylic acids is 1. The Bertz CT molecular complexity index is 1370. The molecule has 0 bridgehead atoms. The van der Waals surface area contributed by atoms with Gasteiger partial charge < -0.3 is 25.2 Å². The van der Waals surface area contributed by atoms with Crippen LogP contribution in [0.5, 0.6) is 0 Å². The number of fused-ring (bicyclic) bond motifs is 2. The van der Waals surface area contributed by atoms with Gasteiger partial charge >= 0.3 is 5.97 Å². The van der Waals surface area contributed by atoms with Gasteiger partial charge in [0.2, 0.25) is 11.3 Å². The summed E-state index contributed by atoms with van der Waals surface area (Å²) in [5.41, 5.74) is 5.34. The quantitative estimate of drug-likeness (QED) is 0.606. The summed E-state index contributed by atoms with van der Waals surface area (Å²) < 4.78 is 17.3. The van der Waals surface area contributed by atoms with Crippen LogP contribution in [0, 0.1) is 29.0 Å². The van der Waals surface area contributed by atoms with Crippen LogP contribution in [0.25, 0.3) is 10.9 Å². The first-order chi connectivity index (χ1) is 17.1. The maximum atomic E-state index is 15.7. The third-order valence-electron chi connectivity index (χ3n) is 7.91. The number of carbonyl (C=O) groups excluding carboxylic acids is 1. The molecule has 1 aromatic heterocycles. The average molecular weight is 532 g/mol. The van der Waals surface area contributed by atoms with Crippen molar-refractivity contribution < 1.29 is 19.1 Å². The van der Waals surface area contributed by atoms with Crippen molar-refractivity contribution >= 4 is 40.9 Å². The Morgan fingerprint density at radius 3 is 2.54 bits per heavy atom. The zero-order valence-electron chi connectivity index (χ0n) is 20.8. The maximum Gasteiger partial charge on any atom is 0.341 e. The van der Waals surface area contributed by atoms with Gasteiger partial charge in [0.05, 0.1) is 28.7 Å². The summed E-state index contributed by atoms with van der Waals surface area (Å²) in [5, 5.41) is 19.6. The predicted molar refractivity (Wildman–Crippen MR) is 139 cm³/mol.